The normalized spacial score (nSPS) is 24.7. The van der Waals surface area contributed by atoms with Crippen LogP contribution in [0.4, 0.5) is 0 Å². The highest BCUT2D eigenvalue weighted by Crippen LogP contribution is 2.27. The Hall–Kier alpha value is -0.610. The van der Waals surface area contributed by atoms with Gasteiger partial charge in [0, 0.05) is 32.6 Å². The third kappa shape index (κ3) is 2.55. The first-order chi connectivity index (χ1) is 7.76. The number of carbonyl (C=O) groups excluding carboxylic acids is 1. The van der Waals surface area contributed by atoms with E-state index in [2.05, 4.69) is 12.2 Å². The molecule has 0 saturated carbocycles. The molecule has 4 heteroatoms. The first kappa shape index (κ1) is 11.9. The van der Waals surface area contributed by atoms with Gasteiger partial charge in [0.2, 0.25) is 5.91 Å². The van der Waals surface area contributed by atoms with Gasteiger partial charge in [0.15, 0.2) is 0 Å². The fourth-order valence-electron chi connectivity index (χ4n) is 2.56. The molecule has 2 rings (SSSR count). The maximum atomic E-state index is 11.7. The number of nitrogens with one attached hydrogen (secondary N) is 1. The van der Waals surface area contributed by atoms with Crippen LogP contribution in [0.2, 0.25) is 0 Å². The highest BCUT2D eigenvalue weighted by molar-refractivity contribution is 5.76. The van der Waals surface area contributed by atoms with E-state index < -0.39 is 0 Å². The Morgan fingerprint density at radius 2 is 2.19 bits per heavy atom. The zero-order chi connectivity index (χ0) is 11.4. The zero-order valence-corrected chi connectivity index (χ0v) is 10.1. The van der Waals surface area contributed by atoms with E-state index in [1.165, 1.54) is 0 Å². The summed E-state index contributed by atoms with van der Waals surface area (Å²) in [6.45, 7) is 6.49. The summed E-state index contributed by atoms with van der Waals surface area (Å²) in [5, 5.41) is 3.39. The number of likely N-dealkylation sites (tertiary alicyclic amines) is 1. The molecule has 1 N–H and O–H groups in total. The Balaban J connectivity index is 1.83. The number of rotatable bonds is 2. The van der Waals surface area contributed by atoms with Crippen molar-refractivity contribution in [1.82, 2.24) is 10.2 Å². The molecule has 92 valence electrons. The Bertz CT molecular complexity index is 239. The number of ether oxygens (including phenoxy) is 1. The maximum Gasteiger partial charge on any atom is 0.222 e. The molecule has 0 aliphatic carbocycles. The SMILES string of the molecule is CCCC(=O)N1CCC2(CC1)CNCCO2. The summed E-state index contributed by atoms with van der Waals surface area (Å²) in [7, 11) is 0. The quantitative estimate of drug-likeness (QED) is 0.756. The second-order valence-electron chi connectivity index (χ2n) is 4.84. The van der Waals surface area contributed by atoms with Crippen LogP contribution in [-0.2, 0) is 9.53 Å². The van der Waals surface area contributed by atoms with E-state index in [9.17, 15) is 4.79 Å². The second-order valence-corrected chi connectivity index (χ2v) is 4.84. The predicted molar refractivity (Wildman–Crippen MR) is 62.3 cm³/mol. The molecule has 16 heavy (non-hydrogen) atoms. The van der Waals surface area contributed by atoms with Crippen LogP contribution in [0.5, 0.6) is 0 Å². The lowest BCUT2D eigenvalue weighted by Gasteiger charge is -2.44. The number of hydrogen-bond acceptors (Lipinski definition) is 3. The Morgan fingerprint density at radius 3 is 2.75 bits per heavy atom. The fourth-order valence-corrected chi connectivity index (χ4v) is 2.56. The number of hydrogen-bond donors (Lipinski definition) is 1. The van der Waals surface area contributed by atoms with Gasteiger partial charge in [-0.2, -0.15) is 0 Å². The molecule has 2 fully saturated rings. The van der Waals surface area contributed by atoms with Crippen LogP contribution in [0, 0.1) is 0 Å². The third-order valence-corrected chi connectivity index (χ3v) is 3.63. The zero-order valence-electron chi connectivity index (χ0n) is 10.1. The highest BCUT2D eigenvalue weighted by atomic mass is 16.5. The van der Waals surface area contributed by atoms with Gasteiger partial charge >= 0.3 is 0 Å². The third-order valence-electron chi connectivity index (χ3n) is 3.63. The van der Waals surface area contributed by atoms with E-state index in [0.29, 0.717) is 12.3 Å². The average Bonchev–Trinajstić information content (AvgIpc) is 2.31. The fraction of sp³-hybridized carbons (Fsp3) is 0.917. The van der Waals surface area contributed by atoms with Crippen LogP contribution in [-0.4, -0.2) is 49.2 Å². The first-order valence-corrected chi connectivity index (χ1v) is 6.38. The molecule has 0 unspecified atom stereocenters. The molecule has 2 saturated heterocycles. The number of morpholine rings is 1. The monoisotopic (exact) mass is 226 g/mol. The molecule has 0 atom stereocenters. The number of piperidine rings is 1. The number of amides is 1. The summed E-state index contributed by atoms with van der Waals surface area (Å²) in [5.41, 5.74) is 0.0151. The Labute approximate surface area is 97.3 Å². The standard InChI is InChI=1S/C12H22N2O2/c1-2-3-11(15)14-7-4-12(5-8-14)10-13-6-9-16-12/h13H,2-10H2,1H3. The number of carbonyl (C=O) groups is 1. The lowest BCUT2D eigenvalue weighted by Crippen LogP contribution is -2.56. The molecular weight excluding hydrogens is 204 g/mol. The lowest BCUT2D eigenvalue weighted by molar-refractivity contribution is -0.140. The summed E-state index contributed by atoms with van der Waals surface area (Å²) in [4.78, 5) is 13.7. The smallest absolute Gasteiger partial charge is 0.222 e. The molecule has 1 spiro atoms. The molecule has 0 aromatic carbocycles. The minimum atomic E-state index is 0.0151. The molecule has 2 aliphatic rings. The summed E-state index contributed by atoms with van der Waals surface area (Å²) < 4.78 is 5.89. The van der Waals surface area contributed by atoms with E-state index in [1.54, 1.807) is 0 Å². The van der Waals surface area contributed by atoms with Crippen molar-refractivity contribution in [2.45, 2.75) is 38.2 Å². The summed E-state index contributed by atoms with van der Waals surface area (Å²) in [6, 6.07) is 0. The Morgan fingerprint density at radius 1 is 1.44 bits per heavy atom. The van der Waals surface area contributed by atoms with Crippen LogP contribution in [0.25, 0.3) is 0 Å². The molecule has 0 radical (unpaired) electrons. The first-order valence-electron chi connectivity index (χ1n) is 6.38. The van der Waals surface area contributed by atoms with Crippen molar-refractivity contribution < 1.29 is 9.53 Å². The second kappa shape index (κ2) is 5.15. The van der Waals surface area contributed by atoms with Crippen molar-refractivity contribution in [3.63, 3.8) is 0 Å². The van der Waals surface area contributed by atoms with E-state index in [0.717, 1.165) is 52.0 Å². The molecule has 0 aromatic heterocycles. The molecule has 1 amide bonds. The van der Waals surface area contributed by atoms with Gasteiger partial charge in [-0.05, 0) is 19.3 Å². The van der Waals surface area contributed by atoms with Crippen molar-refractivity contribution in [3.05, 3.63) is 0 Å². The van der Waals surface area contributed by atoms with Crippen molar-refractivity contribution in [2.24, 2.45) is 0 Å². The summed E-state index contributed by atoms with van der Waals surface area (Å²) >= 11 is 0. The number of nitrogens with zero attached hydrogens (tertiary/aromatic N) is 1. The van der Waals surface area contributed by atoms with Gasteiger partial charge < -0.3 is 15.0 Å². The van der Waals surface area contributed by atoms with Gasteiger partial charge in [0.25, 0.3) is 0 Å². The van der Waals surface area contributed by atoms with Gasteiger partial charge in [0.05, 0.1) is 12.2 Å². The van der Waals surface area contributed by atoms with E-state index in [1.807, 2.05) is 4.90 Å². The maximum absolute atomic E-state index is 11.7. The van der Waals surface area contributed by atoms with E-state index in [-0.39, 0.29) is 5.60 Å². The molecule has 2 aliphatic heterocycles. The van der Waals surface area contributed by atoms with Crippen molar-refractivity contribution >= 4 is 5.91 Å². The molecule has 4 nitrogen and oxygen atoms in total. The van der Waals surface area contributed by atoms with Gasteiger partial charge in [-0.3, -0.25) is 4.79 Å². The molecular formula is C12H22N2O2. The molecule has 2 heterocycles. The van der Waals surface area contributed by atoms with Crippen LogP contribution in [0.3, 0.4) is 0 Å². The molecule has 0 bridgehead atoms. The van der Waals surface area contributed by atoms with Gasteiger partial charge in [-0.15, -0.1) is 0 Å². The van der Waals surface area contributed by atoms with E-state index >= 15 is 0 Å². The van der Waals surface area contributed by atoms with Crippen LogP contribution >= 0.6 is 0 Å². The summed E-state index contributed by atoms with van der Waals surface area (Å²) in [5.74, 6) is 0.307. The van der Waals surface area contributed by atoms with Crippen molar-refractivity contribution in [2.75, 3.05) is 32.8 Å². The highest BCUT2D eigenvalue weighted by Gasteiger charge is 2.37. The average molecular weight is 226 g/mol. The largest absolute Gasteiger partial charge is 0.372 e. The minimum Gasteiger partial charge on any atom is -0.372 e. The van der Waals surface area contributed by atoms with Gasteiger partial charge in [-0.25, -0.2) is 0 Å². The molecule has 0 aromatic rings. The van der Waals surface area contributed by atoms with E-state index in [4.69, 9.17) is 4.74 Å². The van der Waals surface area contributed by atoms with Gasteiger partial charge in [0.1, 0.15) is 0 Å². The van der Waals surface area contributed by atoms with Crippen LogP contribution < -0.4 is 5.32 Å². The van der Waals surface area contributed by atoms with Crippen molar-refractivity contribution in [1.29, 1.82) is 0 Å². The topological polar surface area (TPSA) is 41.6 Å². The van der Waals surface area contributed by atoms with Gasteiger partial charge in [-0.1, -0.05) is 6.92 Å². The van der Waals surface area contributed by atoms with Crippen molar-refractivity contribution in [3.8, 4) is 0 Å². The predicted octanol–water partition coefficient (Wildman–Crippen LogP) is 0.767. The van der Waals surface area contributed by atoms with Crippen LogP contribution in [0.15, 0.2) is 0 Å². The summed E-state index contributed by atoms with van der Waals surface area (Å²) in [6.07, 6.45) is 3.59. The Kier molecular flexibility index (Phi) is 3.82. The van der Waals surface area contributed by atoms with Crippen LogP contribution in [0.1, 0.15) is 32.6 Å². The lowest BCUT2D eigenvalue weighted by atomic mass is 9.90. The minimum absolute atomic E-state index is 0.0151.